The van der Waals surface area contributed by atoms with Crippen LogP contribution in [0.25, 0.3) is 0 Å². The monoisotopic (exact) mass is 281 g/mol. The zero-order chi connectivity index (χ0) is 15.0. The third-order valence-electron chi connectivity index (χ3n) is 2.28. The maximum absolute atomic E-state index is 11.4. The Kier molecular flexibility index (Phi) is 5.82. The van der Waals surface area contributed by atoms with Crippen molar-refractivity contribution in [3.8, 4) is 0 Å². The van der Waals surface area contributed by atoms with Gasteiger partial charge in [-0.2, -0.15) is 0 Å². The molecule has 0 radical (unpaired) electrons. The molecule has 0 saturated heterocycles. The van der Waals surface area contributed by atoms with E-state index in [0.29, 0.717) is 0 Å². The normalized spacial score (nSPS) is 11.2. The van der Waals surface area contributed by atoms with E-state index in [4.69, 9.17) is 15.6 Å². The van der Waals surface area contributed by atoms with Crippen LogP contribution in [0.5, 0.6) is 0 Å². The first-order valence-electron chi connectivity index (χ1n) is 5.72. The van der Waals surface area contributed by atoms with Crippen molar-refractivity contribution in [3.63, 3.8) is 0 Å². The van der Waals surface area contributed by atoms with Crippen LogP contribution in [0.2, 0.25) is 0 Å². The average molecular weight is 281 g/mol. The molecule has 0 aromatic heterocycles. The Morgan fingerprint density at radius 2 is 1.90 bits per heavy atom. The molecule has 0 heterocycles. The number of hydrogen-bond donors (Lipinski definition) is 4. The molecule has 1 aromatic rings. The fourth-order valence-electron chi connectivity index (χ4n) is 1.31. The van der Waals surface area contributed by atoms with Gasteiger partial charge >= 0.3 is 18.1 Å². The lowest BCUT2D eigenvalue weighted by atomic mass is 10.2. The topological polar surface area (TPSA) is 131 Å². The number of rotatable bonds is 6. The van der Waals surface area contributed by atoms with Crippen LogP contribution in [0.4, 0.5) is 9.59 Å². The molecule has 5 N–H and O–H groups in total. The Bertz CT molecular complexity index is 477. The van der Waals surface area contributed by atoms with Crippen molar-refractivity contribution in [1.82, 2.24) is 10.6 Å². The molecule has 0 saturated carbocycles. The fraction of sp³-hybridized carbons (Fsp3) is 0.250. The van der Waals surface area contributed by atoms with E-state index in [0.717, 1.165) is 5.56 Å². The molecular weight excluding hydrogens is 266 g/mol. The van der Waals surface area contributed by atoms with Crippen LogP contribution in [0.15, 0.2) is 30.3 Å². The van der Waals surface area contributed by atoms with Crippen molar-refractivity contribution in [2.75, 3.05) is 6.54 Å². The number of ether oxygens (including phenoxy) is 1. The number of hydrogen-bond acceptors (Lipinski definition) is 4. The molecular formula is C12H15N3O5. The summed E-state index contributed by atoms with van der Waals surface area (Å²) in [6, 6.07) is 6.72. The molecule has 1 aromatic carbocycles. The van der Waals surface area contributed by atoms with Crippen LogP contribution in [0, 0.1) is 0 Å². The van der Waals surface area contributed by atoms with E-state index in [1.54, 1.807) is 24.3 Å². The van der Waals surface area contributed by atoms with Crippen molar-refractivity contribution < 1.29 is 24.2 Å². The molecule has 8 heteroatoms. The lowest BCUT2D eigenvalue weighted by Crippen LogP contribution is -2.49. The van der Waals surface area contributed by atoms with E-state index in [2.05, 4.69) is 10.6 Å². The molecule has 0 aliphatic heterocycles. The number of benzene rings is 1. The summed E-state index contributed by atoms with van der Waals surface area (Å²) in [5.41, 5.74) is 5.59. The molecule has 0 fully saturated rings. The number of aliphatic carboxylic acids is 1. The van der Waals surface area contributed by atoms with Crippen LogP contribution in [-0.4, -0.2) is 35.8 Å². The van der Waals surface area contributed by atoms with E-state index in [-0.39, 0.29) is 13.2 Å². The Balaban J connectivity index is 2.41. The smallest absolute Gasteiger partial charge is 0.408 e. The predicted molar refractivity (Wildman–Crippen MR) is 68.8 cm³/mol. The number of carbonyl (C=O) groups is 3. The maximum Gasteiger partial charge on any atom is 0.408 e. The summed E-state index contributed by atoms with van der Waals surface area (Å²) in [5.74, 6) is -1.31. The highest BCUT2D eigenvalue weighted by Crippen LogP contribution is 2.00. The van der Waals surface area contributed by atoms with Crippen molar-refractivity contribution in [1.29, 1.82) is 0 Å². The lowest BCUT2D eigenvalue weighted by molar-refractivity contribution is -0.139. The van der Waals surface area contributed by atoms with Gasteiger partial charge in [0.1, 0.15) is 12.6 Å². The third kappa shape index (κ3) is 5.71. The minimum absolute atomic E-state index is 0.0161. The zero-order valence-electron chi connectivity index (χ0n) is 10.5. The molecule has 3 amide bonds. The number of amides is 3. The Morgan fingerprint density at radius 1 is 1.25 bits per heavy atom. The van der Waals surface area contributed by atoms with Crippen molar-refractivity contribution in [2.24, 2.45) is 5.73 Å². The van der Waals surface area contributed by atoms with Crippen molar-refractivity contribution >= 4 is 18.1 Å². The summed E-state index contributed by atoms with van der Waals surface area (Å²) in [6.07, 6.45) is -0.896. The Labute approximate surface area is 114 Å². The largest absolute Gasteiger partial charge is 0.480 e. The maximum atomic E-state index is 11.4. The molecule has 1 rings (SSSR count). The highest BCUT2D eigenvalue weighted by atomic mass is 16.5. The van der Waals surface area contributed by atoms with Gasteiger partial charge in [-0.05, 0) is 5.56 Å². The fourth-order valence-corrected chi connectivity index (χ4v) is 1.31. The van der Waals surface area contributed by atoms with Gasteiger partial charge in [0.15, 0.2) is 0 Å². The SMILES string of the molecule is NC(=O)NCC(NC(=O)OCc1ccccc1)C(=O)O. The van der Waals surface area contributed by atoms with Gasteiger partial charge in [-0.15, -0.1) is 0 Å². The number of urea groups is 1. The minimum atomic E-state index is -1.31. The van der Waals surface area contributed by atoms with Crippen molar-refractivity contribution in [3.05, 3.63) is 35.9 Å². The van der Waals surface area contributed by atoms with Crippen LogP contribution >= 0.6 is 0 Å². The van der Waals surface area contributed by atoms with Gasteiger partial charge in [-0.25, -0.2) is 14.4 Å². The molecule has 20 heavy (non-hydrogen) atoms. The van der Waals surface area contributed by atoms with Crippen LogP contribution in [0.1, 0.15) is 5.56 Å². The number of nitrogens with one attached hydrogen (secondary N) is 2. The first-order valence-corrected chi connectivity index (χ1v) is 5.72. The lowest BCUT2D eigenvalue weighted by Gasteiger charge is -2.14. The summed E-state index contributed by atoms with van der Waals surface area (Å²) in [7, 11) is 0. The highest BCUT2D eigenvalue weighted by Gasteiger charge is 2.20. The Morgan fingerprint density at radius 3 is 2.45 bits per heavy atom. The van der Waals surface area contributed by atoms with E-state index < -0.39 is 24.1 Å². The van der Waals surface area contributed by atoms with E-state index in [1.165, 1.54) is 0 Å². The molecule has 8 nitrogen and oxygen atoms in total. The summed E-state index contributed by atoms with van der Waals surface area (Å²) >= 11 is 0. The number of carboxylic acids is 1. The van der Waals surface area contributed by atoms with Gasteiger partial charge in [0.05, 0.1) is 6.54 Å². The molecule has 108 valence electrons. The zero-order valence-corrected chi connectivity index (χ0v) is 10.5. The van der Waals surface area contributed by atoms with Gasteiger partial charge in [0.2, 0.25) is 0 Å². The first kappa shape index (κ1) is 15.3. The van der Waals surface area contributed by atoms with Crippen LogP contribution in [0.3, 0.4) is 0 Å². The number of carbonyl (C=O) groups excluding carboxylic acids is 2. The van der Waals surface area contributed by atoms with Gasteiger partial charge in [0, 0.05) is 0 Å². The molecule has 1 unspecified atom stereocenters. The van der Waals surface area contributed by atoms with Crippen molar-refractivity contribution in [2.45, 2.75) is 12.6 Å². The van der Waals surface area contributed by atoms with E-state index in [9.17, 15) is 14.4 Å². The average Bonchev–Trinajstić information content (AvgIpc) is 2.41. The Hall–Kier alpha value is -2.77. The van der Waals surface area contributed by atoms with Crippen LogP contribution < -0.4 is 16.4 Å². The number of primary amides is 1. The number of carboxylic acid groups (broad SMARTS) is 1. The second kappa shape index (κ2) is 7.62. The molecule has 1 atom stereocenters. The second-order valence-corrected chi connectivity index (χ2v) is 3.84. The van der Waals surface area contributed by atoms with Crippen LogP contribution in [-0.2, 0) is 16.1 Å². The van der Waals surface area contributed by atoms with E-state index in [1.807, 2.05) is 6.07 Å². The molecule has 0 spiro atoms. The van der Waals surface area contributed by atoms with Gasteiger partial charge in [-0.1, -0.05) is 30.3 Å². The minimum Gasteiger partial charge on any atom is -0.480 e. The molecule has 0 aliphatic carbocycles. The quantitative estimate of drug-likeness (QED) is 0.584. The van der Waals surface area contributed by atoms with Gasteiger partial charge in [0.25, 0.3) is 0 Å². The van der Waals surface area contributed by atoms with Gasteiger partial charge in [-0.3, -0.25) is 0 Å². The standard InChI is InChI=1S/C12H15N3O5/c13-11(18)14-6-9(10(16)17)15-12(19)20-7-8-4-2-1-3-5-8/h1-5,9H,6-7H2,(H,15,19)(H,16,17)(H3,13,14,18). The highest BCUT2D eigenvalue weighted by molar-refractivity contribution is 5.81. The predicted octanol–water partition coefficient (Wildman–Crippen LogP) is 0.0343. The summed E-state index contributed by atoms with van der Waals surface area (Å²) < 4.78 is 4.86. The number of nitrogens with two attached hydrogens (primary N) is 1. The third-order valence-corrected chi connectivity index (χ3v) is 2.28. The summed E-state index contributed by atoms with van der Waals surface area (Å²) in [5, 5.41) is 13.1. The second-order valence-electron chi connectivity index (χ2n) is 3.84. The summed E-state index contributed by atoms with van der Waals surface area (Å²) in [6.45, 7) is -0.312. The van der Waals surface area contributed by atoms with Gasteiger partial charge < -0.3 is 26.2 Å². The first-order chi connectivity index (χ1) is 9.49. The summed E-state index contributed by atoms with van der Waals surface area (Å²) in [4.78, 5) is 32.8. The molecule has 0 aliphatic rings. The van der Waals surface area contributed by atoms with E-state index >= 15 is 0 Å². The number of alkyl carbamates (subject to hydrolysis) is 1. The molecule has 0 bridgehead atoms.